The van der Waals surface area contributed by atoms with Crippen LogP contribution >= 0.6 is 0 Å². The zero-order valence-corrected chi connectivity index (χ0v) is 9.80. The molecule has 0 bridgehead atoms. The zero-order chi connectivity index (χ0) is 7.56. The number of benzene rings is 1. The molecule has 1 aromatic rings. The summed E-state index contributed by atoms with van der Waals surface area (Å²) in [6.45, 7) is 0. The van der Waals surface area contributed by atoms with Crippen LogP contribution in [0.25, 0.3) is 0 Å². The molecule has 0 heterocycles. The maximum Gasteiger partial charge on any atom is 2.00 e. The molecule has 0 aliphatic heterocycles. The summed E-state index contributed by atoms with van der Waals surface area (Å²) in [5.41, 5.74) is -0.0671. The van der Waals surface area contributed by atoms with Crippen molar-refractivity contribution in [1.29, 1.82) is 0 Å². The number of aromatic carboxylic acids is 1. The maximum absolute atomic E-state index is 10.3. The normalized spacial score (nSPS) is 7.67. The Bertz CT molecular complexity index is 270. The second kappa shape index (κ2) is 6.45. The van der Waals surface area contributed by atoms with E-state index in [0.717, 1.165) is 0 Å². The summed E-state index contributed by atoms with van der Waals surface area (Å²) in [5.74, 6) is -1.31. The first-order valence-electron chi connectivity index (χ1n) is 2.73. The molecule has 0 aromatic heterocycles. The molecule has 1 aromatic carbocycles. The molecule has 12 heavy (non-hydrogen) atoms. The number of carbonyl (C=O) groups is 1. The first kappa shape index (κ1) is 14.5. The van der Waals surface area contributed by atoms with Gasteiger partial charge in [0, 0.05) is 0 Å². The van der Waals surface area contributed by atoms with Crippen molar-refractivity contribution < 1.29 is 23.3 Å². The minimum Gasteiger partial charge on any atom is -1.00 e. The third-order valence-electron chi connectivity index (χ3n) is 1.13. The van der Waals surface area contributed by atoms with E-state index < -0.39 is 5.97 Å². The monoisotopic (exact) mass is 246 g/mol. The Labute approximate surface area is 109 Å². The van der Waals surface area contributed by atoms with Crippen molar-refractivity contribution in [2.45, 2.75) is 0 Å². The van der Waals surface area contributed by atoms with Crippen LogP contribution in [0.1, 0.15) is 13.2 Å². The number of rotatable bonds is 1. The molecule has 4 N–H and O–H groups in total. The first-order valence-corrected chi connectivity index (χ1v) is 2.73. The summed E-state index contributed by atoms with van der Waals surface area (Å²) >= 11 is 0. The average molecular weight is 246 g/mol. The predicted molar refractivity (Wildman–Crippen MR) is 46.7 cm³/mol. The van der Waals surface area contributed by atoms with Gasteiger partial charge in [-0.3, -0.25) is 0 Å². The minimum atomic E-state index is -1.11. The van der Waals surface area contributed by atoms with Crippen LogP contribution in [0.2, 0.25) is 0 Å². The number of aromatic hydroxyl groups is 1. The van der Waals surface area contributed by atoms with Crippen LogP contribution in [0.15, 0.2) is 24.3 Å². The Kier molecular flexibility index (Phi) is 7.77. The molecule has 0 fully saturated rings. The summed E-state index contributed by atoms with van der Waals surface area (Å²) in [7, 11) is 0. The molecular formula is C7H10O4Sr. The molecule has 0 amide bonds. The van der Waals surface area contributed by atoms with Gasteiger partial charge in [0.05, 0.1) is 0 Å². The van der Waals surface area contributed by atoms with E-state index in [4.69, 9.17) is 10.2 Å². The third kappa shape index (κ3) is 3.55. The average Bonchev–Trinajstić information content (AvgIpc) is 1.88. The van der Waals surface area contributed by atoms with E-state index in [9.17, 15) is 4.79 Å². The number of carboxylic acid groups (broad SMARTS) is 1. The van der Waals surface area contributed by atoms with Gasteiger partial charge in [-0.15, -0.1) is 0 Å². The summed E-state index contributed by atoms with van der Waals surface area (Å²) in [6, 6.07) is 5.81. The molecule has 1 rings (SSSR count). The van der Waals surface area contributed by atoms with Gasteiger partial charge in [-0.1, -0.05) is 12.1 Å². The van der Waals surface area contributed by atoms with Crippen LogP contribution < -0.4 is 0 Å². The Morgan fingerprint density at radius 1 is 1.33 bits per heavy atom. The van der Waals surface area contributed by atoms with E-state index >= 15 is 0 Å². The van der Waals surface area contributed by atoms with Crippen molar-refractivity contribution in [3.8, 4) is 5.75 Å². The maximum atomic E-state index is 10.3. The minimum absolute atomic E-state index is 0. The van der Waals surface area contributed by atoms with Crippen molar-refractivity contribution in [2.24, 2.45) is 0 Å². The Hall–Kier alpha value is -0.0695. The van der Waals surface area contributed by atoms with Crippen LogP contribution in [-0.4, -0.2) is 67.1 Å². The number of carboxylic acids is 1. The van der Waals surface area contributed by atoms with E-state index in [1.807, 2.05) is 0 Å². The second-order valence-corrected chi connectivity index (χ2v) is 1.82. The van der Waals surface area contributed by atoms with E-state index in [1.54, 1.807) is 12.1 Å². The van der Waals surface area contributed by atoms with Gasteiger partial charge in [-0.05, 0) is 12.1 Å². The molecule has 64 valence electrons. The molecule has 5 heteroatoms. The molecule has 0 saturated carbocycles. The van der Waals surface area contributed by atoms with Crippen molar-refractivity contribution >= 4 is 51.5 Å². The quantitative estimate of drug-likeness (QED) is 0.689. The van der Waals surface area contributed by atoms with Crippen LogP contribution in [0, 0.1) is 0 Å². The van der Waals surface area contributed by atoms with Crippen molar-refractivity contribution in [3.05, 3.63) is 29.8 Å². The molecule has 0 atom stereocenters. The Morgan fingerprint density at radius 2 is 1.83 bits per heavy atom. The Morgan fingerprint density at radius 3 is 2.17 bits per heavy atom. The summed E-state index contributed by atoms with van der Waals surface area (Å²) in [4.78, 5) is 10.3. The smallest absolute Gasteiger partial charge is 1.00 e. The largest absolute Gasteiger partial charge is 2.00 e. The first-order chi connectivity index (χ1) is 4.72. The van der Waals surface area contributed by atoms with Crippen LogP contribution in [-0.2, 0) is 0 Å². The standard InChI is InChI=1S/C7H6O3.H2O.Sr.2H/c8-6-4-2-1-3-5(6)7(9)10;;;;/h1-4,8H,(H,9,10);1H2;;;/q;;+2;2*-1. The topological polar surface area (TPSA) is 89.0 Å². The summed E-state index contributed by atoms with van der Waals surface area (Å²) < 4.78 is 0. The molecule has 0 aliphatic carbocycles. The van der Waals surface area contributed by atoms with E-state index in [-0.39, 0.29) is 65.1 Å². The van der Waals surface area contributed by atoms with Crippen LogP contribution in [0.4, 0.5) is 0 Å². The van der Waals surface area contributed by atoms with Gasteiger partial charge in [-0.25, -0.2) is 4.79 Å². The summed E-state index contributed by atoms with van der Waals surface area (Å²) in [6.07, 6.45) is 0. The van der Waals surface area contributed by atoms with E-state index in [2.05, 4.69) is 0 Å². The molecule has 0 spiro atoms. The number of para-hydroxylation sites is 1. The van der Waals surface area contributed by atoms with Gasteiger partial charge in [0.15, 0.2) is 0 Å². The van der Waals surface area contributed by atoms with E-state index in [1.165, 1.54) is 12.1 Å². The zero-order valence-electron chi connectivity index (χ0n) is 8.32. The fourth-order valence-corrected chi connectivity index (χ4v) is 0.654. The number of hydrogen-bond donors (Lipinski definition) is 2. The van der Waals surface area contributed by atoms with E-state index in [0.29, 0.717) is 0 Å². The van der Waals surface area contributed by atoms with Gasteiger partial charge in [0.25, 0.3) is 0 Å². The summed E-state index contributed by atoms with van der Waals surface area (Å²) in [5, 5.41) is 17.3. The molecule has 0 unspecified atom stereocenters. The molecule has 4 nitrogen and oxygen atoms in total. The van der Waals surface area contributed by atoms with Crippen molar-refractivity contribution in [3.63, 3.8) is 0 Å². The SMILES string of the molecule is O.O=C(O)c1ccccc1O.[H-].[H-].[Sr+2]. The second-order valence-electron chi connectivity index (χ2n) is 1.82. The third-order valence-corrected chi connectivity index (χ3v) is 1.13. The molecule has 0 aliphatic rings. The fourth-order valence-electron chi connectivity index (χ4n) is 0.654. The van der Waals surface area contributed by atoms with Gasteiger partial charge in [0.1, 0.15) is 11.3 Å². The van der Waals surface area contributed by atoms with Gasteiger partial charge in [-0.2, -0.15) is 0 Å². The van der Waals surface area contributed by atoms with Crippen molar-refractivity contribution in [1.82, 2.24) is 0 Å². The Balaban J connectivity index is -0.000000125. The number of hydrogen-bond acceptors (Lipinski definition) is 2. The fraction of sp³-hybridized carbons (Fsp3) is 0. The van der Waals surface area contributed by atoms with Gasteiger partial charge in [0.2, 0.25) is 0 Å². The molecule has 0 saturated heterocycles. The number of phenols is 1. The van der Waals surface area contributed by atoms with Gasteiger partial charge >= 0.3 is 51.5 Å². The van der Waals surface area contributed by atoms with Crippen molar-refractivity contribution in [2.75, 3.05) is 0 Å². The molecule has 0 radical (unpaired) electrons. The predicted octanol–water partition coefficient (Wildman–Crippen LogP) is 0.110. The molecular weight excluding hydrogens is 236 g/mol. The van der Waals surface area contributed by atoms with Gasteiger partial charge < -0.3 is 18.5 Å². The van der Waals surface area contributed by atoms with Crippen LogP contribution in [0.5, 0.6) is 5.75 Å². The van der Waals surface area contributed by atoms with Crippen LogP contribution in [0.3, 0.4) is 0 Å².